The van der Waals surface area contributed by atoms with Crippen LogP contribution in [0.4, 0.5) is 0 Å². The number of halogens is 3. The van der Waals surface area contributed by atoms with Crippen molar-refractivity contribution in [1.29, 1.82) is 0 Å². The molecule has 3 aromatic carbocycles. The van der Waals surface area contributed by atoms with Crippen molar-refractivity contribution < 1.29 is 14.3 Å². The first-order valence-corrected chi connectivity index (χ1v) is 15.6. The van der Waals surface area contributed by atoms with Crippen LogP contribution in [0.2, 0.25) is 0 Å². The topological polar surface area (TPSA) is 69.9 Å². The zero-order chi connectivity index (χ0) is 28.4. The fourth-order valence-corrected chi connectivity index (χ4v) is 7.20. The molecule has 0 unspecified atom stereocenters. The number of esters is 1. The smallest absolute Gasteiger partial charge is 0.338 e. The van der Waals surface area contributed by atoms with Gasteiger partial charge in [0.25, 0.3) is 5.56 Å². The van der Waals surface area contributed by atoms with Gasteiger partial charge in [0.05, 0.1) is 37.4 Å². The first-order chi connectivity index (χ1) is 19.3. The Morgan fingerprint density at radius 1 is 1.05 bits per heavy atom. The average Bonchev–Trinajstić information content (AvgIpc) is 3.22. The highest BCUT2D eigenvalue weighted by Crippen LogP contribution is 2.36. The molecule has 1 aliphatic rings. The number of aromatic nitrogens is 1. The van der Waals surface area contributed by atoms with Gasteiger partial charge >= 0.3 is 5.97 Å². The van der Waals surface area contributed by atoms with Crippen LogP contribution in [0.3, 0.4) is 0 Å². The summed E-state index contributed by atoms with van der Waals surface area (Å²) >= 11 is 12.0. The van der Waals surface area contributed by atoms with E-state index >= 15 is 0 Å². The number of benzene rings is 3. The number of rotatable bonds is 7. The number of carbonyl (C=O) groups excluding carboxylic acids is 1. The van der Waals surface area contributed by atoms with Gasteiger partial charge in [0.1, 0.15) is 12.4 Å². The predicted octanol–water partition coefficient (Wildman–Crippen LogP) is 6.66. The van der Waals surface area contributed by atoms with Gasteiger partial charge < -0.3 is 9.47 Å². The van der Waals surface area contributed by atoms with Crippen LogP contribution in [-0.4, -0.2) is 17.1 Å². The molecule has 2 heterocycles. The molecular formula is C30H23Br3N2O4S. The summed E-state index contributed by atoms with van der Waals surface area (Å²) in [5.74, 6) is 0.192. The van der Waals surface area contributed by atoms with Crippen LogP contribution in [-0.2, 0) is 16.1 Å². The summed E-state index contributed by atoms with van der Waals surface area (Å²) in [5.41, 5.74) is 3.31. The molecule has 0 radical (unpaired) electrons. The number of hydrogen-bond acceptors (Lipinski definition) is 6. The molecule has 0 N–H and O–H groups in total. The lowest BCUT2D eigenvalue weighted by Gasteiger charge is -2.24. The zero-order valence-electron chi connectivity index (χ0n) is 21.5. The summed E-state index contributed by atoms with van der Waals surface area (Å²) in [7, 11) is 0. The van der Waals surface area contributed by atoms with Crippen molar-refractivity contribution in [3.63, 3.8) is 0 Å². The number of allylic oxidation sites excluding steroid dienone is 1. The third-order valence-electron chi connectivity index (χ3n) is 6.25. The van der Waals surface area contributed by atoms with Gasteiger partial charge in [0.2, 0.25) is 0 Å². The van der Waals surface area contributed by atoms with E-state index in [1.165, 1.54) is 11.3 Å². The van der Waals surface area contributed by atoms with Crippen LogP contribution in [0.5, 0.6) is 5.75 Å². The van der Waals surface area contributed by atoms with Crippen molar-refractivity contribution in [2.24, 2.45) is 4.99 Å². The lowest BCUT2D eigenvalue weighted by atomic mass is 9.96. The Kier molecular flexibility index (Phi) is 8.89. The van der Waals surface area contributed by atoms with Gasteiger partial charge in [-0.15, -0.1) is 0 Å². The van der Waals surface area contributed by atoms with E-state index in [-0.39, 0.29) is 12.2 Å². The molecule has 40 heavy (non-hydrogen) atoms. The second-order valence-corrected chi connectivity index (χ2v) is 12.6. The minimum atomic E-state index is -0.655. The Bertz CT molecular complexity index is 1770. The third-order valence-corrected chi connectivity index (χ3v) is 8.94. The Balaban J connectivity index is 1.56. The third kappa shape index (κ3) is 5.95. The zero-order valence-corrected chi connectivity index (χ0v) is 27.1. The Morgan fingerprint density at radius 2 is 1.73 bits per heavy atom. The van der Waals surface area contributed by atoms with Crippen molar-refractivity contribution in [3.05, 3.63) is 128 Å². The fourth-order valence-electron chi connectivity index (χ4n) is 4.43. The average molecular weight is 747 g/mol. The molecule has 0 bridgehead atoms. The summed E-state index contributed by atoms with van der Waals surface area (Å²) in [4.78, 5) is 32.1. The van der Waals surface area contributed by atoms with Crippen molar-refractivity contribution in [2.45, 2.75) is 26.5 Å². The molecule has 0 amide bonds. The van der Waals surface area contributed by atoms with Gasteiger partial charge in [-0.2, -0.15) is 0 Å². The minimum Gasteiger partial charge on any atom is -0.487 e. The number of thiazole rings is 1. The first kappa shape index (κ1) is 28.7. The van der Waals surface area contributed by atoms with Gasteiger partial charge in [-0.25, -0.2) is 9.79 Å². The summed E-state index contributed by atoms with van der Waals surface area (Å²) < 4.78 is 15.9. The second kappa shape index (κ2) is 12.4. The quantitative estimate of drug-likeness (QED) is 0.199. The summed E-state index contributed by atoms with van der Waals surface area (Å²) in [6.45, 7) is 4.18. The highest BCUT2D eigenvalue weighted by atomic mass is 79.9. The van der Waals surface area contributed by atoms with E-state index in [0.29, 0.717) is 33.0 Å². The Labute approximate surface area is 260 Å². The number of carbonyl (C=O) groups is 1. The second-order valence-electron chi connectivity index (χ2n) is 8.94. The summed E-state index contributed by atoms with van der Waals surface area (Å²) in [5, 5.41) is 0. The van der Waals surface area contributed by atoms with Gasteiger partial charge in [-0.1, -0.05) is 69.7 Å². The molecule has 1 atom stereocenters. The maximum atomic E-state index is 13.8. The maximum Gasteiger partial charge on any atom is 0.338 e. The molecule has 4 aromatic rings. The van der Waals surface area contributed by atoms with Crippen molar-refractivity contribution in [1.82, 2.24) is 4.57 Å². The molecule has 0 spiro atoms. The van der Waals surface area contributed by atoms with Crippen LogP contribution < -0.4 is 19.6 Å². The lowest BCUT2D eigenvalue weighted by Crippen LogP contribution is -2.39. The standard InChI is InChI=1S/C30H23Br3N2O4S/c1-3-38-29(37)25-17(2)34-30-35(26(25)20-9-11-21(31)12-10-20)28(36)24(40-30)15-19-13-22(32)27(23(33)14-19)39-16-18-7-5-4-6-8-18/h4-15,26H,3,16H2,1-2H3/b24-15-/t26-/m0/s1. The largest absolute Gasteiger partial charge is 0.487 e. The molecule has 5 rings (SSSR count). The highest BCUT2D eigenvalue weighted by Gasteiger charge is 2.33. The summed E-state index contributed by atoms with van der Waals surface area (Å²) in [6.07, 6.45) is 1.82. The molecule has 0 aliphatic carbocycles. The van der Waals surface area contributed by atoms with Gasteiger partial charge in [0, 0.05) is 4.47 Å². The van der Waals surface area contributed by atoms with Gasteiger partial charge in [-0.05, 0) is 92.7 Å². The molecule has 6 nitrogen and oxygen atoms in total. The molecule has 1 aromatic heterocycles. The first-order valence-electron chi connectivity index (χ1n) is 12.4. The number of fused-ring (bicyclic) bond motifs is 1. The number of ether oxygens (including phenoxy) is 2. The molecule has 1 aliphatic heterocycles. The summed E-state index contributed by atoms with van der Waals surface area (Å²) in [6, 6.07) is 20.7. The van der Waals surface area contributed by atoms with E-state index in [9.17, 15) is 9.59 Å². The monoisotopic (exact) mass is 744 g/mol. The lowest BCUT2D eigenvalue weighted by molar-refractivity contribution is -0.139. The van der Waals surface area contributed by atoms with Crippen LogP contribution in [0.15, 0.2) is 101 Å². The Morgan fingerprint density at radius 3 is 2.38 bits per heavy atom. The molecular weight excluding hydrogens is 724 g/mol. The van der Waals surface area contributed by atoms with E-state index in [1.54, 1.807) is 18.4 Å². The minimum absolute atomic E-state index is 0.224. The van der Waals surface area contributed by atoms with E-state index in [0.717, 1.165) is 30.1 Å². The number of hydrogen-bond donors (Lipinski definition) is 0. The van der Waals surface area contributed by atoms with E-state index in [2.05, 4.69) is 52.8 Å². The normalized spacial score (nSPS) is 15.0. The van der Waals surface area contributed by atoms with Crippen molar-refractivity contribution >= 4 is 71.2 Å². The van der Waals surface area contributed by atoms with E-state index in [1.807, 2.05) is 72.8 Å². The molecule has 0 saturated carbocycles. The molecule has 0 fully saturated rings. The van der Waals surface area contributed by atoms with Crippen molar-refractivity contribution in [2.75, 3.05) is 6.61 Å². The Hall–Kier alpha value is -2.79. The predicted molar refractivity (Wildman–Crippen MR) is 167 cm³/mol. The fraction of sp³-hybridized carbons (Fsp3) is 0.167. The van der Waals surface area contributed by atoms with E-state index in [4.69, 9.17) is 9.47 Å². The highest BCUT2D eigenvalue weighted by molar-refractivity contribution is 9.11. The van der Waals surface area contributed by atoms with Gasteiger partial charge in [-0.3, -0.25) is 9.36 Å². The van der Waals surface area contributed by atoms with E-state index < -0.39 is 12.0 Å². The van der Waals surface area contributed by atoms with Crippen LogP contribution >= 0.6 is 59.1 Å². The SMILES string of the molecule is CCOC(=O)C1=C(C)N=c2s/c(=C\c3cc(Br)c(OCc4ccccc4)c(Br)c3)c(=O)n2[C@H]1c1ccc(Br)cc1. The van der Waals surface area contributed by atoms with Crippen LogP contribution in [0.25, 0.3) is 6.08 Å². The molecule has 10 heteroatoms. The number of nitrogens with zero attached hydrogens (tertiary/aromatic N) is 2. The molecule has 204 valence electrons. The van der Waals surface area contributed by atoms with Gasteiger partial charge in [0.15, 0.2) is 4.80 Å². The van der Waals surface area contributed by atoms with Crippen LogP contribution in [0.1, 0.15) is 36.6 Å². The maximum absolute atomic E-state index is 13.8. The molecule has 0 saturated heterocycles. The van der Waals surface area contributed by atoms with Crippen molar-refractivity contribution in [3.8, 4) is 5.75 Å². The van der Waals surface area contributed by atoms with Crippen LogP contribution in [0, 0.1) is 0 Å².